The molecule has 2 rings (SSSR count). The Kier molecular flexibility index (Phi) is 4.59. The van der Waals surface area contributed by atoms with Crippen LogP contribution in [0.2, 0.25) is 0 Å². The molecule has 0 radical (unpaired) electrons. The van der Waals surface area contributed by atoms with Gasteiger partial charge in [0.25, 0.3) is 5.91 Å². The highest BCUT2D eigenvalue weighted by molar-refractivity contribution is 5.96. The molecule has 19 heavy (non-hydrogen) atoms. The van der Waals surface area contributed by atoms with Gasteiger partial charge >= 0.3 is 0 Å². The predicted molar refractivity (Wildman–Crippen MR) is 76.8 cm³/mol. The third-order valence-corrected chi connectivity index (χ3v) is 3.51. The first kappa shape index (κ1) is 13.6. The van der Waals surface area contributed by atoms with E-state index in [1.165, 1.54) is 12.8 Å². The molecular formula is C16H20N2O. The second-order valence-electron chi connectivity index (χ2n) is 4.99. The van der Waals surface area contributed by atoms with Crippen molar-refractivity contribution in [3.8, 4) is 11.8 Å². The van der Waals surface area contributed by atoms with Gasteiger partial charge in [-0.05, 0) is 37.5 Å². The lowest BCUT2D eigenvalue weighted by atomic mass is 10.0. The van der Waals surface area contributed by atoms with Crippen LogP contribution in [0.1, 0.15) is 47.2 Å². The van der Waals surface area contributed by atoms with E-state index in [2.05, 4.69) is 17.2 Å². The van der Waals surface area contributed by atoms with Crippen LogP contribution >= 0.6 is 0 Å². The number of hydrogen-bond donors (Lipinski definition) is 2. The molecule has 1 fully saturated rings. The highest BCUT2D eigenvalue weighted by atomic mass is 16.1. The molecule has 1 aromatic rings. The lowest BCUT2D eigenvalue weighted by Gasteiger charge is -2.13. The molecule has 0 aromatic heterocycles. The van der Waals surface area contributed by atoms with E-state index in [0.717, 1.165) is 29.5 Å². The minimum atomic E-state index is 0.0146. The lowest BCUT2D eigenvalue weighted by molar-refractivity contribution is 0.0937. The van der Waals surface area contributed by atoms with Crippen LogP contribution in [0.3, 0.4) is 0 Å². The van der Waals surface area contributed by atoms with Gasteiger partial charge in [-0.15, -0.1) is 0 Å². The van der Waals surface area contributed by atoms with Crippen molar-refractivity contribution in [2.75, 3.05) is 6.54 Å². The molecule has 0 saturated heterocycles. The molecule has 0 bridgehead atoms. The van der Waals surface area contributed by atoms with Gasteiger partial charge in [-0.25, -0.2) is 0 Å². The van der Waals surface area contributed by atoms with Gasteiger partial charge < -0.3 is 11.1 Å². The Hall–Kier alpha value is -1.79. The Morgan fingerprint density at radius 2 is 2.16 bits per heavy atom. The van der Waals surface area contributed by atoms with Crippen LogP contribution in [0.4, 0.5) is 0 Å². The topological polar surface area (TPSA) is 55.1 Å². The highest BCUT2D eigenvalue weighted by Crippen LogP contribution is 2.19. The van der Waals surface area contributed by atoms with Crippen LogP contribution in [0.15, 0.2) is 18.2 Å². The number of carbonyl (C=O) groups is 1. The molecular weight excluding hydrogens is 236 g/mol. The molecule has 1 aliphatic rings. The molecule has 1 saturated carbocycles. The molecule has 0 atom stereocenters. The molecule has 100 valence electrons. The first-order valence-electron chi connectivity index (χ1n) is 6.81. The normalized spacial score (nSPS) is 14.8. The van der Waals surface area contributed by atoms with Crippen LogP contribution in [0.25, 0.3) is 0 Å². The number of benzene rings is 1. The number of aryl methyl sites for hydroxylation is 1. The van der Waals surface area contributed by atoms with Crippen molar-refractivity contribution in [3.05, 3.63) is 34.9 Å². The molecule has 0 heterocycles. The van der Waals surface area contributed by atoms with E-state index in [-0.39, 0.29) is 5.91 Å². The summed E-state index contributed by atoms with van der Waals surface area (Å²) < 4.78 is 0. The molecule has 3 nitrogen and oxygen atoms in total. The summed E-state index contributed by atoms with van der Waals surface area (Å²) in [5, 5.41) is 3.11. The summed E-state index contributed by atoms with van der Waals surface area (Å²) in [4.78, 5) is 12.3. The maximum absolute atomic E-state index is 12.3. The Bertz CT molecular complexity index is 519. The lowest BCUT2D eigenvalue weighted by Crippen LogP contribution is -2.33. The van der Waals surface area contributed by atoms with E-state index < -0.39 is 0 Å². The molecule has 0 aliphatic heterocycles. The summed E-state index contributed by atoms with van der Waals surface area (Å²) in [6, 6.07) is 6.04. The molecule has 3 N–H and O–H groups in total. The maximum atomic E-state index is 12.3. The fourth-order valence-corrected chi connectivity index (χ4v) is 2.43. The summed E-state index contributed by atoms with van der Waals surface area (Å²) in [6.45, 7) is 2.28. The summed E-state index contributed by atoms with van der Waals surface area (Å²) in [5.74, 6) is 5.79. The monoisotopic (exact) mass is 256 g/mol. The van der Waals surface area contributed by atoms with Crippen LogP contribution < -0.4 is 11.1 Å². The van der Waals surface area contributed by atoms with Gasteiger partial charge in [-0.1, -0.05) is 30.7 Å². The van der Waals surface area contributed by atoms with Crippen molar-refractivity contribution < 1.29 is 4.79 Å². The molecule has 1 amide bonds. The molecule has 0 spiro atoms. The average Bonchev–Trinajstić information content (AvgIpc) is 2.90. The fourth-order valence-electron chi connectivity index (χ4n) is 2.43. The summed E-state index contributed by atoms with van der Waals surface area (Å²) in [6.07, 6.45) is 4.62. The SMILES string of the molecule is Cc1ccc(C#CCN)cc1C(=O)NC1CCCC1. The van der Waals surface area contributed by atoms with E-state index in [1.54, 1.807) is 0 Å². The van der Waals surface area contributed by atoms with Gasteiger partial charge in [0, 0.05) is 17.2 Å². The molecule has 1 aromatic carbocycles. The summed E-state index contributed by atoms with van der Waals surface area (Å²) in [7, 11) is 0. The van der Waals surface area contributed by atoms with E-state index in [1.807, 2.05) is 25.1 Å². The van der Waals surface area contributed by atoms with Gasteiger partial charge in [-0.3, -0.25) is 4.79 Å². The number of rotatable bonds is 2. The molecule has 3 heteroatoms. The number of hydrogen-bond acceptors (Lipinski definition) is 2. The second-order valence-corrected chi connectivity index (χ2v) is 4.99. The van der Waals surface area contributed by atoms with E-state index in [0.29, 0.717) is 12.6 Å². The average molecular weight is 256 g/mol. The van der Waals surface area contributed by atoms with Gasteiger partial charge in [-0.2, -0.15) is 0 Å². The number of nitrogens with one attached hydrogen (secondary N) is 1. The van der Waals surface area contributed by atoms with Crippen LogP contribution in [0, 0.1) is 18.8 Å². The van der Waals surface area contributed by atoms with Crippen LogP contribution in [-0.2, 0) is 0 Å². The summed E-state index contributed by atoms with van der Waals surface area (Å²) in [5.41, 5.74) is 7.90. The standard InChI is InChI=1S/C16H20N2O/c1-12-8-9-13(5-4-10-17)11-15(12)16(19)18-14-6-2-3-7-14/h8-9,11,14H,2-3,6-7,10,17H2,1H3,(H,18,19). The molecule has 1 aliphatic carbocycles. The zero-order valence-corrected chi connectivity index (χ0v) is 11.3. The zero-order chi connectivity index (χ0) is 13.7. The Morgan fingerprint density at radius 1 is 1.42 bits per heavy atom. The first-order valence-corrected chi connectivity index (χ1v) is 6.81. The third kappa shape index (κ3) is 3.59. The highest BCUT2D eigenvalue weighted by Gasteiger charge is 2.18. The Labute approximate surface area is 114 Å². The van der Waals surface area contributed by atoms with Crippen LogP contribution in [0.5, 0.6) is 0 Å². The maximum Gasteiger partial charge on any atom is 0.251 e. The Morgan fingerprint density at radius 3 is 2.84 bits per heavy atom. The fraction of sp³-hybridized carbons (Fsp3) is 0.438. The van der Waals surface area contributed by atoms with E-state index >= 15 is 0 Å². The predicted octanol–water partition coefficient (Wildman–Crippen LogP) is 1.98. The van der Waals surface area contributed by atoms with Crippen molar-refractivity contribution in [2.45, 2.75) is 38.6 Å². The third-order valence-electron chi connectivity index (χ3n) is 3.51. The van der Waals surface area contributed by atoms with E-state index in [9.17, 15) is 4.79 Å². The minimum absolute atomic E-state index is 0.0146. The van der Waals surface area contributed by atoms with Gasteiger partial charge in [0.2, 0.25) is 0 Å². The van der Waals surface area contributed by atoms with Gasteiger partial charge in [0.15, 0.2) is 0 Å². The Balaban J connectivity index is 2.15. The smallest absolute Gasteiger partial charge is 0.251 e. The minimum Gasteiger partial charge on any atom is -0.349 e. The largest absolute Gasteiger partial charge is 0.349 e. The van der Waals surface area contributed by atoms with Crippen molar-refractivity contribution >= 4 is 5.91 Å². The summed E-state index contributed by atoms with van der Waals surface area (Å²) >= 11 is 0. The quantitative estimate of drug-likeness (QED) is 0.795. The van der Waals surface area contributed by atoms with E-state index in [4.69, 9.17) is 5.73 Å². The van der Waals surface area contributed by atoms with Crippen molar-refractivity contribution in [1.82, 2.24) is 5.32 Å². The van der Waals surface area contributed by atoms with Crippen LogP contribution in [-0.4, -0.2) is 18.5 Å². The van der Waals surface area contributed by atoms with Crippen molar-refractivity contribution in [3.63, 3.8) is 0 Å². The second kappa shape index (κ2) is 6.40. The van der Waals surface area contributed by atoms with Gasteiger partial charge in [0.05, 0.1) is 6.54 Å². The number of carbonyl (C=O) groups excluding carboxylic acids is 1. The van der Waals surface area contributed by atoms with Crippen molar-refractivity contribution in [1.29, 1.82) is 0 Å². The molecule has 0 unspecified atom stereocenters. The zero-order valence-electron chi connectivity index (χ0n) is 11.3. The van der Waals surface area contributed by atoms with Crippen molar-refractivity contribution in [2.24, 2.45) is 5.73 Å². The number of nitrogens with two attached hydrogens (primary N) is 1. The first-order chi connectivity index (χ1) is 9.20. The van der Waals surface area contributed by atoms with Gasteiger partial charge in [0.1, 0.15) is 0 Å². The number of amides is 1.